The van der Waals surface area contributed by atoms with E-state index in [0.29, 0.717) is 41.2 Å². The van der Waals surface area contributed by atoms with Gasteiger partial charge in [-0.3, -0.25) is 9.69 Å². The van der Waals surface area contributed by atoms with E-state index in [9.17, 15) is 14.9 Å². The van der Waals surface area contributed by atoms with Crippen LogP contribution in [0.25, 0.3) is 0 Å². The van der Waals surface area contributed by atoms with Crippen LogP contribution in [-0.2, 0) is 16.9 Å². The van der Waals surface area contributed by atoms with Crippen LogP contribution < -0.4 is 14.8 Å². The van der Waals surface area contributed by atoms with Crippen LogP contribution >= 0.6 is 0 Å². The summed E-state index contributed by atoms with van der Waals surface area (Å²) in [7, 11) is 1.49. The fourth-order valence-corrected chi connectivity index (χ4v) is 3.64. The molecule has 1 N–H and O–H groups in total. The summed E-state index contributed by atoms with van der Waals surface area (Å²) in [5.41, 5.74) is 0.599. The monoisotopic (exact) mass is 363 g/mol. The van der Waals surface area contributed by atoms with E-state index >= 15 is 0 Å². The number of carbonyl (C=O) groups excluding carboxylic acids is 2. The van der Waals surface area contributed by atoms with Gasteiger partial charge in [-0.2, -0.15) is 5.26 Å². The molecule has 4 rings (SSSR count). The first-order valence-electron chi connectivity index (χ1n) is 8.52. The van der Waals surface area contributed by atoms with E-state index in [-0.39, 0.29) is 12.5 Å². The van der Waals surface area contributed by atoms with E-state index in [1.54, 1.807) is 30.3 Å². The van der Waals surface area contributed by atoms with Crippen molar-refractivity contribution in [2.24, 2.45) is 0 Å². The third-order valence-corrected chi connectivity index (χ3v) is 4.98. The number of nitriles is 1. The van der Waals surface area contributed by atoms with E-state index in [0.717, 1.165) is 0 Å². The highest BCUT2D eigenvalue weighted by atomic mass is 16.5. The highest BCUT2D eigenvalue weighted by Crippen LogP contribution is 2.41. The fourth-order valence-electron chi connectivity index (χ4n) is 3.64. The number of ether oxygens (including phenoxy) is 2. The van der Waals surface area contributed by atoms with Crippen molar-refractivity contribution in [2.75, 3.05) is 13.7 Å². The summed E-state index contributed by atoms with van der Waals surface area (Å²) in [4.78, 5) is 27.0. The highest BCUT2D eigenvalue weighted by Gasteiger charge is 2.54. The lowest BCUT2D eigenvalue weighted by molar-refractivity contribution is -0.133. The number of nitrogens with one attached hydrogen (secondary N) is 1. The zero-order valence-corrected chi connectivity index (χ0v) is 14.7. The van der Waals surface area contributed by atoms with Crippen LogP contribution in [-0.4, -0.2) is 30.6 Å². The second kappa shape index (κ2) is 6.32. The Morgan fingerprint density at radius 3 is 2.89 bits per heavy atom. The second-order valence-electron chi connectivity index (χ2n) is 6.47. The van der Waals surface area contributed by atoms with Gasteiger partial charge in [-0.1, -0.05) is 24.3 Å². The largest absolute Gasteiger partial charge is 0.495 e. The Kier molecular flexibility index (Phi) is 3.96. The van der Waals surface area contributed by atoms with Crippen LogP contribution in [0.15, 0.2) is 42.5 Å². The van der Waals surface area contributed by atoms with Crippen LogP contribution in [0, 0.1) is 11.3 Å². The SMILES string of the molecule is COc1ccc(CN2C(=O)NC3(CCOc4ccccc43)C2=O)cc1C#N. The number of carbonyl (C=O) groups is 2. The van der Waals surface area contributed by atoms with Crippen LogP contribution in [0.2, 0.25) is 0 Å². The number of para-hydroxylation sites is 1. The Morgan fingerprint density at radius 1 is 1.30 bits per heavy atom. The van der Waals surface area contributed by atoms with Crippen molar-refractivity contribution in [2.45, 2.75) is 18.5 Å². The summed E-state index contributed by atoms with van der Waals surface area (Å²) < 4.78 is 10.8. The van der Waals surface area contributed by atoms with Crippen molar-refractivity contribution in [3.05, 3.63) is 59.2 Å². The van der Waals surface area contributed by atoms with Gasteiger partial charge in [0.2, 0.25) is 0 Å². The van der Waals surface area contributed by atoms with Crippen LogP contribution in [0.3, 0.4) is 0 Å². The minimum atomic E-state index is -1.10. The predicted octanol–water partition coefficient (Wildman–Crippen LogP) is 2.30. The smallest absolute Gasteiger partial charge is 0.325 e. The van der Waals surface area contributed by atoms with Crippen LogP contribution in [0.5, 0.6) is 11.5 Å². The first-order valence-corrected chi connectivity index (χ1v) is 8.52. The van der Waals surface area contributed by atoms with Crippen molar-refractivity contribution in [3.63, 3.8) is 0 Å². The Labute approximate surface area is 156 Å². The summed E-state index contributed by atoms with van der Waals surface area (Å²) in [5.74, 6) is 0.751. The maximum absolute atomic E-state index is 13.2. The number of amides is 3. The van der Waals surface area contributed by atoms with Crippen molar-refractivity contribution in [3.8, 4) is 17.6 Å². The number of fused-ring (bicyclic) bond motifs is 2. The molecular formula is C20H17N3O4. The van der Waals surface area contributed by atoms with E-state index in [4.69, 9.17) is 9.47 Å². The lowest BCUT2D eigenvalue weighted by Crippen LogP contribution is -2.47. The second-order valence-corrected chi connectivity index (χ2v) is 6.47. The quantitative estimate of drug-likeness (QED) is 0.845. The van der Waals surface area contributed by atoms with E-state index in [2.05, 4.69) is 11.4 Å². The van der Waals surface area contributed by atoms with Gasteiger partial charge in [0.05, 0.1) is 25.8 Å². The third kappa shape index (κ3) is 2.57. The number of benzene rings is 2. The maximum atomic E-state index is 13.2. The third-order valence-electron chi connectivity index (χ3n) is 4.98. The molecule has 27 heavy (non-hydrogen) atoms. The summed E-state index contributed by atoms with van der Waals surface area (Å²) in [6.07, 6.45) is 0.372. The van der Waals surface area contributed by atoms with E-state index in [1.165, 1.54) is 12.0 Å². The minimum Gasteiger partial charge on any atom is -0.495 e. The number of rotatable bonds is 3. The number of hydrogen-bond acceptors (Lipinski definition) is 5. The number of urea groups is 1. The summed E-state index contributed by atoms with van der Waals surface area (Å²) in [5, 5.41) is 12.1. The van der Waals surface area contributed by atoms with Gasteiger partial charge in [-0.15, -0.1) is 0 Å². The van der Waals surface area contributed by atoms with Gasteiger partial charge in [0.25, 0.3) is 5.91 Å². The van der Waals surface area contributed by atoms with Crippen molar-refractivity contribution in [1.82, 2.24) is 10.2 Å². The van der Waals surface area contributed by atoms with Crippen molar-refractivity contribution in [1.29, 1.82) is 5.26 Å². The lowest BCUT2D eigenvalue weighted by atomic mass is 9.84. The molecule has 0 radical (unpaired) electrons. The summed E-state index contributed by atoms with van der Waals surface area (Å²) in [6.45, 7) is 0.423. The molecule has 0 saturated carbocycles. The molecule has 1 saturated heterocycles. The van der Waals surface area contributed by atoms with E-state index in [1.807, 2.05) is 12.1 Å². The van der Waals surface area contributed by atoms with Gasteiger partial charge in [0, 0.05) is 12.0 Å². The highest BCUT2D eigenvalue weighted by molar-refractivity contribution is 6.07. The average Bonchev–Trinajstić information content (AvgIpc) is 2.93. The van der Waals surface area contributed by atoms with Crippen molar-refractivity contribution < 1.29 is 19.1 Å². The standard InChI is InChI=1S/C20H17N3O4/c1-26-16-7-6-13(10-14(16)11-21)12-23-18(24)20(22-19(23)25)8-9-27-17-5-3-2-4-15(17)20/h2-7,10H,8-9,12H2,1H3,(H,22,25). The van der Waals surface area contributed by atoms with Gasteiger partial charge in [0.15, 0.2) is 5.54 Å². The molecule has 7 heteroatoms. The molecule has 7 nitrogen and oxygen atoms in total. The van der Waals surface area contributed by atoms with Gasteiger partial charge in [0.1, 0.15) is 17.6 Å². The van der Waals surface area contributed by atoms with Gasteiger partial charge >= 0.3 is 6.03 Å². The molecule has 1 unspecified atom stereocenters. The Balaban J connectivity index is 1.67. The molecule has 2 aromatic carbocycles. The number of imide groups is 1. The van der Waals surface area contributed by atoms with Crippen molar-refractivity contribution >= 4 is 11.9 Å². The van der Waals surface area contributed by atoms with Crippen LogP contribution in [0.1, 0.15) is 23.1 Å². The average molecular weight is 363 g/mol. The molecule has 1 fully saturated rings. The Bertz CT molecular complexity index is 981. The molecule has 3 amide bonds. The molecule has 2 aliphatic rings. The summed E-state index contributed by atoms with van der Waals surface area (Å²) >= 11 is 0. The molecule has 0 aliphatic carbocycles. The molecular weight excluding hydrogens is 346 g/mol. The number of hydrogen-bond donors (Lipinski definition) is 1. The zero-order chi connectivity index (χ0) is 19.0. The van der Waals surface area contributed by atoms with E-state index < -0.39 is 11.6 Å². The molecule has 1 atom stereocenters. The topological polar surface area (TPSA) is 91.7 Å². The number of nitrogens with zero attached hydrogens (tertiary/aromatic N) is 2. The molecule has 0 bridgehead atoms. The minimum absolute atomic E-state index is 0.0775. The molecule has 2 aromatic rings. The molecule has 136 valence electrons. The fraction of sp³-hybridized carbons (Fsp3) is 0.250. The number of methoxy groups -OCH3 is 1. The van der Waals surface area contributed by atoms with Gasteiger partial charge < -0.3 is 14.8 Å². The van der Waals surface area contributed by atoms with Gasteiger partial charge in [-0.05, 0) is 23.8 Å². The van der Waals surface area contributed by atoms with Gasteiger partial charge in [-0.25, -0.2) is 4.79 Å². The zero-order valence-electron chi connectivity index (χ0n) is 14.7. The molecule has 2 heterocycles. The Hall–Kier alpha value is -3.53. The maximum Gasteiger partial charge on any atom is 0.325 e. The molecule has 1 spiro atoms. The first kappa shape index (κ1) is 16.9. The normalized spacial score (nSPS) is 20.7. The van der Waals surface area contributed by atoms with Crippen LogP contribution in [0.4, 0.5) is 4.79 Å². The molecule has 0 aromatic heterocycles. The molecule has 2 aliphatic heterocycles. The first-order chi connectivity index (χ1) is 13.1. The summed E-state index contributed by atoms with van der Waals surface area (Å²) in [6, 6.07) is 13.9. The predicted molar refractivity (Wildman–Crippen MR) is 95.0 cm³/mol. The Morgan fingerprint density at radius 2 is 2.11 bits per heavy atom. The lowest BCUT2D eigenvalue weighted by Gasteiger charge is -2.33.